The van der Waals surface area contributed by atoms with Gasteiger partial charge in [0.25, 0.3) is 0 Å². The molecule has 10 heteroatoms. The standard InChI is InChI=1S/C27H35ClF3N3O3/c1-20(2)17-33(18-21-6-3-9-24(26(21)28)27(29,30)31)10-5-15-37-23-8-4-7-22(16-23)34-13-11-32(12-14-34)19-25(35)36/h3-4,6-9,16,20H,5,10-15,17-19H2,1-2H3,(H,35,36). The Morgan fingerprint density at radius 1 is 1.14 bits per heavy atom. The van der Waals surface area contributed by atoms with E-state index in [9.17, 15) is 18.0 Å². The van der Waals surface area contributed by atoms with Crippen molar-refractivity contribution in [3.8, 4) is 5.75 Å². The molecular formula is C27H35ClF3N3O3. The van der Waals surface area contributed by atoms with E-state index < -0.39 is 17.7 Å². The van der Waals surface area contributed by atoms with E-state index >= 15 is 0 Å². The van der Waals surface area contributed by atoms with E-state index in [2.05, 4.69) is 23.6 Å². The van der Waals surface area contributed by atoms with Crippen molar-refractivity contribution in [2.45, 2.75) is 33.0 Å². The Balaban J connectivity index is 1.52. The largest absolute Gasteiger partial charge is 0.493 e. The molecule has 0 atom stereocenters. The van der Waals surface area contributed by atoms with E-state index in [1.54, 1.807) is 6.07 Å². The van der Waals surface area contributed by atoms with Gasteiger partial charge < -0.3 is 14.7 Å². The molecule has 3 rings (SSSR count). The zero-order valence-electron chi connectivity index (χ0n) is 21.3. The van der Waals surface area contributed by atoms with Gasteiger partial charge in [-0.15, -0.1) is 0 Å². The summed E-state index contributed by atoms with van der Waals surface area (Å²) in [7, 11) is 0. The minimum absolute atomic E-state index is 0.0603. The second-order valence-electron chi connectivity index (χ2n) is 9.76. The van der Waals surface area contributed by atoms with Gasteiger partial charge in [0.2, 0.25) is 0 Å². The number of halogens is 4. The van der Waals surface area contributed by atoms with Crippen LogP contribution >= 0.6 is 11.6 Å². The van der Waals surface area contributed by atoms with Gasteiger partial charge in [-0.1, -0.05) is 43.6 Å². The predicted octanol–water partition coefficient (Wildman–Crippen LogP) is 5.49. The normalized spacial score (nSPS) is 15.0. The summed E-state index contributed by atoms with van der Waals surface area (Å²) in [5, 5.41) is 8.73. The molecule has 1 N–H and O–H groups in total. The van der Waals surface area contributed by atoms with Crippen LogP contribution in [0.5, 0.6) is 5.75 Å². The maximum Gasteiger partial charge on any atom is 0.417 e. The minimum atomic E-state index is -4.48. The summed E-state index contributed by atoms with van der Waals surface area (Å²) in [5.74, 6) is 0.286. The second kappa shape index (κ2) is 13.3. The fourth-order valence-corrected chi connectivity index (χ4v) is 4.81. The average Bonchev–Trinajstić information content (AvgIpc) is 2.82. The number of carbonyl (C=O) groups is 1. The molecule has 0 amide bonds. The zero-order valence-corrected chi connectivity index (χ0v) is 22.1. The lowest BCUT2D eigenvalue weighted by Gasteiger charge is -2.35. The van der Waals surface area contributed by atoms with Crippen LogP contribution in [0.25, 0.3) is 0 Å². The molecule has 0 aromatic heterocycles. The lowest BCUT2D eigenvalue weighted by molar-refractivity contribution is -0.139. The van der Waals surface area contributed by atoms with Crippen molar-refractivity contribution in [1.29, 1.82) is 0 Å². The van der Waals surface area contributed by atoms with Crippen molar-refractivity contribution in [2.75, 3.05) is 57.3 Å². The van der Waals surface area contributed by atoms with Gasteiger partial charge in [0.1, 0.15) is 5.75 Å². The number of carboxylic acid groups (broad SMARTS) is 1. The molecule has 2 aromatic rings. The van der Waals surface area contributed by atoms with Crippen molar-refractivity contribution in [3.05, 3.63) is 58.6 Å². The molecule has 2 aromatic carbocycles. The summed E-state index contributed by atoms with van der Waals surface area (Å²) in [6, 6.07) is 11.9. The molecule has 1 heterocycles. The van der Waals surface area contributed by atoms with Gasteiger partial charge in [0.05, 0.1) is 23.7 Å². The van der Waals surface area contributed by atoms with Gasteiger partial charge in [0.15, 0.2) is 0 Å². The van der Waals surface area contributed by atoms with Gasteiger partial charge in [-0.25, -0.2) is 0 Å². The zero-order chi connectivity index (χ0) is 27.0. The van der Waals surface area contributed by atoms with Crippen molar-refractivity contribution in [1.82, 2.24) is 9.80 Å². The first kappa shape index (κ1) is 29.1. The van der Waals surface area contributed by atoms with E-state index in [1.165, 1.54) is 6.07 Å². The molecule has 37 heavy (non-hydrogen) atoms. The summed E-state index contributed by atoms with van der Waals surface area (Å²) in [6.45, 7) is 9.30. The Labute approximate surface area is 221 Å². The fraction of sp³-hybridized carbons (Fsp3) is 0.519. The topological polar surface area (TPSA) is 56.2 Å². The van der Waals surface area contributed by atoms with Crippen LogP contribution in [-0.2, 0) is 17.5 Å². The number of alkyl halides is 3. The molecule has 1 aliphatic rings. The highest BCUT2D eigenvalue weighted by Crippen LogP contribution is 2.36. The molecule has 204 valence electrons. The summed E-state index contributed by atoms with van der Waals surface area (Å²) < 4.78 is 45.8. The number of piperazine rings is 1. The molecule has 0 radical (unpaired) electrons. The van der Waals surface area contributed by atoms with Crippen LogP contribution in [0.1, 0.15) is 31.4 Å². The van der Waals surface area contributed by atoms with E-state index in [0.717, 1.165) is 37.1 Å². The summed E-state index contributed by atoms with van der Waals surface area (Å²) in [5.41, 5.74) is 0.699. The quantitative estimate of drug-likeness (QED) is 0.359. The first-order valence-corrected chi connectivity index (χ1v) is 12.9. The van der Waals surface area contributed by atoms with Crippen LogP contribution in [0, 0.1) is 5.92 Å². The minimum Gasteiger partial charge on any atom is -0.493 e. The number of benzene rings is 2. The third-order valence-corrected chi connectivity index (χ3v) is 6.65. The third kappa shape index (κ3) is 9.09. The maximum atomic E-state index is 13.3. The molecule has 1 fully saturated rings. The molecule has 0 aliphatic carbocycles. The van der Waals surface area contributed by atoms with Gasteiger partial charge in [-0.05, 0) is 36.1 Å². The highest BCUT2D eigenvalue weighted by Gasteiger charge is 2.34. The fourth-order valence-electron chi connectivity index (χ4n) is 4.52. The molecule has 0 spiro atoms. The maximum absolute atomic E-state index is 13.3. The molecule has 1 aliphatic heterocycles. The number of hydrogen-bond acceptors (Lipinski definition) is 5. The molecule has 1 saturated heterocycles. The lowest BCUT2D eigenvalue weighted by Crippen LogP contribution is -2.47. The van der Waals surface area contributed by atoms with Crippen LogP contribution in [-0.4, -0.2) is 73.3 Å². The second-order valence-corrected chi connectivity index (χ2v) is 10.1. The smallest absolute Gasteiger partial charge is 0.417 e. The Bertz CT molecular complexity index is 1030. The van der Waals surface area contributed by atoms with E-state index in [1.807, 2.05) is 29.2 Å². The van der Waals surface area contributed by atoms with Crippen LogP contribution in [0.4, 0.5) is 18.9 Å². The molecule has 0 bridgehead atoms. The Morgan fingerprint density at radius 3 is 2.49 bits per heavy atom. The van der Waals surface area contributed by atoms with E-state index in [4.69, 9.17) is 21.4 Å². The number of hydrogen-bond donors (Lipinski definition) is 1. The number of anilines is 1. The van der Waals surface area contributed by atoms with Gasteiger partial charge in [0, 0.05) is 57.6 Å². The predicted molar refractivity (Wildman–Crippen MR) is 139 cm³/mol. The van der Waals surface area contributed by atoms with Crippen molar-refractivity contribution in [3.63, 3.8) is 0 Å². The first-order valence-electron chi connectivity index (χ1n) is 12.5. The first-order chi connectivity index (χ1) is 17.5. The molecule has 0 saturated carbocycles. The third-order valence-electron chi connectivity index (χ3n) is 6.20. The van der Waals surface area contributed by atoms with Crippen molar-refractivity contribution in [2.24, 2.45) is 5.92 Å². The van der Waals surface area contributed by atoms with E-state index in [0.29, 0.717) is 50.7 Å². The monoisotopic (exact) mass is 541 g/mol. The Kier molecular flexibility index (Phi) is 10.5. The highest BCUT2D eigenvalue weighted by molar-refractivity contribution is 6.32. The van der Waals surface area contributed by atoms with Crippen molar-refractivity contribution >= 4 is 23.3 Å². The molecule has 6 nitrogen and oxygen atoms in total. The Morgan fingerprint density at radius 2 is 1.84 bits per heavy atom. The number of aliphatic carboxylic acids is 1. The number of nitrogens with zero attached hydrogens (tertiary/aromatic N) is 3. The number of ether oxygens (including phenoxy) is 1. The SMILES string of the molecule is CC(C)CN(CCCOc1cccc(N2CCN(CC(=O)O)CC2)c1)Cc1cccc(C(F)(F)F)c1Cl. The molecular weight excluding hydrogens is 507 g/mol. The van der Waals surface area contributed by atoms with Crippen LogP contribution < -0.4 is 9.64 Å². The van der Waals surface area contributed by atoms with Crippen LogP contribution in [0.3, 0.4) is 0 Å². The van der Waals surface area contributed by atoms with Crippen LogP contribution in [0.2, 0.25) is 5.02 Å². The lowest BCUT2D eigenvalue weighted by atomic mass is 10.1. The molecule has 0 unspecified atom stereocenters. The number of carboxylic acids is 1. The summed E-state index contributed by atoms with van der Waals surface area (Å²) in [6.07, 6.45) is -3.77. The van der Waals surface area contributed by atoms with Crippen LogP contribution in [0.15, 0.2) is 42.5 Å². The summed E-state index contributed by atoms with van der Waals surface area (Å²) in [4.78, 5) is 17.2. The van der Waals surface area contributed by atoms with Gasteiger partial charge in [-0.2, -0.15) is 13.2 Å². The highest BCUT2D eigenvalue weighted by atomic mass is 35.5. The van der Waals surface area contributed by atoms with Crippen molar-refractivity contribution < 1.29 is 27.8 Å². The van der Waals surface area contributed by atoms with E-state index in [-0.39, 0.29) is 11.6 Å². The van der Waals surface area contributed by atoms with Gasteiger partial charge >= 0.3 is 12.1 Å². The number of rotatable bonds is 12. The Hall–Kier alpha value is -2.49. The summed E-state index contributed by atoms with van der Waals surface area (Å²) >= 11 is 6.12. The van der Waals surface area contributed by atoms with Gasteiger partial charge in [-0.3, -0.25) is 14.6 Å². The average molecular weight is 542 g/mol.